The van der Waals surface area contributed by atoms with E-state index in [2.05, 4.69) is 9.97 Å². The molecule has 3 aromatic carbocycles. The van der Waals surface area contributed by atoms with E-state index in [1.54, 1.807) is 23.6 Å². The molecule has 0 fully saturated rings. The van der Waals surface area contributed by atoms with Crippen molar-refractivity contribution in [1.82, 2.24) is 14.5 Å². The van der Waals surface area contributed by atoms with Gasteiger partial charge >= 0.3 is 5.97 Å². The first-order chi connectivity index (χ1) is 20.1. The summed E-state index contributed by atoms with van der Waals surface area (Å²) in [5.74, 6) is -4.13. The van der Waals surface area contributed by atoms with E-state index < -0.39 is 35.1 Å². The number of ether oxygens (including phenoxy) is 2. The summed E-state index contributed by atoms with van der Waals surface area (Å²) in [5, 5.41) is 9.38. The summed E-state index contributed by atoms with van der Waals surface area (Å²) >= 11 is 0. The van der Waals surface area contributed by atoms with E-state index in [4.69, 9.17) is 9.47 Å². The Labute approximate surface area is 238 Å². The number of methoxy groups -OCH3 is 1. The van der Waals surface area contributed by atoms with Crippen molar-refractivity contribution < 1.29 is 36.9 Å². The first-order valence-electron chi connectivity index (χ1n) is 12.9. The van der Waals surface area contributed by atoms with E-state index in [1.165, 1.54) is 37.4 Å². The number of carbonyl (C=O) groups is 1. The highest BCUT2D eigenvalue weighted by atomic mass is 19.1. The van der Waals surface area contributed by atoms with Crippen molar-refractivity contribution >= 4 is 17.0 Å². The summed E-state index contributed by atoms with van der Waals surface area (Å²) in [6, 6.07) is 13.1. The maximum Gasteiger partial charge on any atom is 0.335 e. The fourth-order valence-corrected chi connectivity index (χ4v) is 4.55. The SMILES string of the molecule is COCCn1c(Cc2cc(F)c(-c3ccc(F)c(OCc4ccc(C)cc4F)n3)cc2F)nc2ccc(C(=O)O)cc21. The third kappa shape index (κ3) is 5.96. The highest BCUT2D eigenvalue weighted by Gasteiger charge is 2.19. The predicted octanol–water partition coefficient (Wildman–Crippen LogP) is 6.48. The van der Waals surface area contributed by atoms with E-state index in [1.807, 2.05) is 0 Å². The zero-order chi connectivity index (χ0) is 30.0. The Morgan fingerprint density at radius 1 is 0.881 bits per heavy atom. The van der Waals surface area contributed by atoms with E-state index in [-0.39, 0.29) is 47.6 Å². The average Bonchev–Trinajstić information content (AvgIpc) is 3.30. The summed E-state index contributed by atoms with van der Waals surface area (Å²) < 4.78 is 71.5. The van der Waals surface area contributed by atoms with E-state index in [9.17, 15) is 18.7 Å². The number of carboxylic acid groups (broad SMARTS) is 1. The first kappa shape index (κ1) is 28.7. The minimum Gasteiger partial charge on any atom is -0.478 e. The monoisotopic (exact) mass is 579 g/mol. The number of hydrogen-bond acceptors (Lipinski definition) is 5. The number of halogens is 4. The number of nitrogens with zero attached hydrogens (tertiary/aromatic N) is 3. The van der Waals surface area contributed by atoms with Crippen LogP contribution in [0.2, 0.25) is 0 Å². The van der Waals surface area contributed by atoms with Crippen LogP contribution in [0.4, 0.5) is 17.6 Å². The lowest BCUT2D eigenvalue weighted by molar-refractivity contribution is 0.0697. The van der Waals surface area contributed by atoms with Crippen molar-refractivity contribution in [3.63, 3.8) is 0 Å². The van der Waals surface area contributed by atoms with Crippen LogP contribution in [0.1, 0.15) is 32.9 Å². The molecule has 0 spiro atoms. The molecule has 5 aromatic rings. The van der Waals surface area contributed by atoms with E-state index in [0.29, 0.717) is 29.0 Å². The van der Waals surface area contributed by atoms with Gasteiger partial charge in [0.15, 0.2) is 5.82 Å². The Morgan fingerprint density at radius 2 is 1.67 bits per heavy atom. The van der Waals surface area contributed by atoms with Crippen molar-refractivity contribution in [2.45, 2.75) is 26.5 Å². The number of aromatic carboxylic acids is 1. The van der Waals surface area contributed by atoms with Crippen LogP contribution in [0.3, 0.4) is 0 Å². The summed E-state index contributed by atoms with van der Waals surface area (Å²) in [5.41, 5.74) is 1.68. The summed E-state index contributed by atoms with van der Waals surface area (Å²) in [6.45, 7) is 2.00. The van der Waals surface area contributed by atoms with Gasteiger partial charge in [-0.2, -0.15) is 0 Å². The van der Waals surface area contributed by atoms with E-state index in [0.717, 1.165) is 18.2 Å². The quantitative estimate of drug-likeness (QED) is 0.191. The molecule has 7 nitrogen and oxygen atoms in total. The highest BCUT2D eigenvalue weighted by Crippen LogP contribution is 2.29. The number of pyridine rings is 1. The van der Waals surface area contributed by atoms with Gasteiger partial charge in [0.05, 0.1) is 28.9 Å². The molecule has 1 N–H and O–H groups in total. The van der Waals surface area contributed by atoms with Crippen LogP contribution >= 0.6 is 0 Å². The zero-order valence-corrected chi connectivity index (χ0v) is 22.6. The Hall–Kier alpha value is -4.77. The second-order valence-corrected chi connectivity index (χ2v) is 9.65. The topological polar surface area (TPSA) is 86.5 Å². The molecule has 0 aliphatic heterocycles. The lowest BCUT2D eigenvalue weighted by Crippen LogP contribution is -2.10. The van der Waals surface area contributed by atoms with Crippen molar-refractivity contribution in [2.75, 3.05) is 13.7 Å². The fourth-order valence-electron chi connectivity index (χ4n) is 4.55. The lowest BCUT2D eigenvalue weighted by atomic mass is 10.0. The van der Waals surface area contributed by atoms with Gasteiger partial charge in [-0.3, -0.25) is 0 Å². The highest BCUT2D eigenvalue weighted by molar-refractivity contribution is 5.92. The van der Waals surface area contributed by atoms with Gasteiger partial charge in [-0.25, -0.2) is 32.3 Å². The number of carboxylic acids is 1. The average molecular weight is 580 g/mol. The van der Waals surface area contributed by atoms with Gasteiger partial charge in [0, 0.05) is 31.2 Å². The molecule has 0 saturated carbocycles. The summed E-state index contributed by atoms with van der Waals surface area (Å²) in [4.78, 5) is 20.0. The van der Waals surface area contributed by atoms with Crippen LogP contribution in [-0.4, -0.2) is 39.3 Å². The normalized spacial score (nSPS) is 11.3. The number of aromatic nitrogens is 3. The Kier molecular flexibility index (Phi) is 8.21. The van der Waals surface area contributed by atoms with Crippen molar-refractivity contribution in [1.29, 1.82) is 0 Å². The van der Waals surface area contributed by atoms with Gasteiger partial charge < -0.3 is 19.1 Å². The van der Waals surface area contributed by atoms with Crippen molar-refractivity contribution in [3.05, 3.63) is 112 Å². The maximum atomic E-state index is 15.4. The predicted molar refractivity (Wildman–Crippen MR) is 146 cm³/mol. The number of aryl methyl sites for hydroxylation is 1. The molecule has 42 heavy (non-hydrogen) atoms. The minimum absolute atomic E-state index is 0.00267. The molecule has 0 radical (unpaired) electrons. The van der Waals surface area contributed by atoms with Gasteiger partial charge in [0.1, 0.15) is 29.9 Å². The molecular weight excluding hydrogens is 554 g/mol. The Balaban J connectivity index is 1.44. The molecule has 0 unspecified atom stereocenters. The molecular formula is C31H25F4N3O4. The smallest absolute Gasteiger partial charge is 0.335 e. The molecule has 5 rings (SSSR count). The largest absolute Gasteiger partial charge is 0.478 e. The van der Waals surface area contributed by atoms with Crippen LogP contribution in [-0.2, 0) is 24.3 Å². The third-order valence-corrected chi connectivity index (χ3v) is 6.74. The van der Waals surface area contributed by atoms with Crippen LogP contribution in [0.15, 0.2) is 60.7 Å². The standard InChI is InChI=1S/C31H25F4N3O4/c1-17-3-4-19(23(33)11-17)16-42-30-22(32)6-8-26(37-30)21-15-24(34)20(12-25(21)35)14-29-36-27-7-5-18(31(39)40)13-28(27)38(29)9-10-41-2/h3-8,11-13,15H,9-10,14,16H2,1-2H3,(H,39,40). The van der Waals surface area contributed by atoms with Crippen molar-refractivity contribution in [3.8, 4) is 17.1 Å². The van der Waals surface area contributed by atoms with Crippen LogP contribution in [0.5, 0.6) is 5.88 Å². The molecule has 0 aliphatic rings. The lowest BCUT2D eigenvalue weighted by Gasteiger charge is -2.12. The molecule has 216 valence electrons. The van der Waals surface area contributed by atoms with Crippen LogP contribution in [0, 0.1) is 30.2 Å². The summed E-state index contributed by atoms with van der Waals surface area (Å²) in [7, 11) is 1.51. The van der Waals surface area contributed by atoms with E-state index >= 15 is 8.78 Å². The Morgan fingerprint density at radius 3 is 2.40 bits per heavy atom. The molecule has 0 aliphatic carbocycles. The molecule has 0 saturated heterocycles. The maximum absolute atomic E-state index is 15.4. The molecule has 0 bridgehead atoms. The van der Waals surface area contributed by atoms with Gasteiger partial charge in [-0.05, 0) is 66.6 Å². The second-order valence-electron chi connectivity index (χ2n) is 9.65. The Bertz CT molecular complexity index is 1810. The van der Waals surface area contributed by atoms with Gasteiger partial charge in [0.2, 0.25) is 0 Å². The number of hydrogen-bond donors (Lipinski definition) is 1. The number of fused-ring (bicyclic) bond motifs is 1. The number of rotatable bonds is 10. The molecule has 0 amide bonds. The zero-order valence-electron chi connectivity index (χ0n) is 22.6. The molecule has 2 aromatic heterocycles. The first-order valence-corrected chi connectivity index (χ1v) is 12.9. The van der Waals surface area contributed by atoms with Crippen molar-refractivity contribution in [2.24, 2.45) is 0 Å². The van der Waals surface area contributed by atoms with Gasteiger partial charge in [-0.15, -0.1) is 0 Å². The van der Waals surface area contributed by atoms with Gasteiger partial charge in [-0.1, -0.05) is 12.1 Å². The third-order valence-electron chi connectivity index (χ3n) is 6.74. The van der Waals surface area contributed by atoms with Gasteiger partial charge in [0.25, 0.3) is 5.88 Å². The van der Waals surface area contributed by atoms with Crippen LogP contribution < -0.4 is 4.74 Å². The number of imidazole rings is 1. The number of benzene rings is 3. The molecule has 2 heterocycles. The molecule has 0 atom stereocenters. The second kappa shape index (κ2) is 12.0. The minimum atomic E-state index is -1.10. The molecule has 11 heteroatoms. The summed E-state index contributed by atoms with van der Waals surface area (Å²) in [6.07, 6.45) is -0.100. The van der Waals surface area contributed by atoms with Crippen LogP contribution in [0.25, 0.3) is 22.3 Å². The fraction of sp³-hybridized carbons (Fsp3) is 0.194.